The number of aromatic nitrogens is 5. The molecule has 10 heteroatoms. The van der Waals surface area contributed by atoms with Gasteiger partial charge in [0.25, 0.3) is 0 Å². The number of fused-ring (bicyclic) bond motifs is 2. The number of nitrogens with zero attached hydrogens (tertiary/aromatic N) is 5. The number of hydrogen-bond donors (Lipinski definition) is 3. The highest BCUT2D eigenvalue weighted by Crippen LogP contribution is 2.45. The Labute approximate surface area is 210 Å². The molecule has 3 aromatic heterocycles. The van der Waals surface area contributed by atoms with Gasteiger partial charge in [0.1, 0.15) is 28.5 Å². The number of carbonyl (C=O) groups excluding carboxylic acids is 1. The van der Waals surface area contributed by atoms with E-state index in [0.717, 1.165) is 11.3 Å². The van der Waals surface area contributed by atoms with Crippen LogP contribution >= 0.6 is 11.6 Å². The molecule has 0 bridgehead atoms. The number of phenols is 1. The topological polar surface area (TPSA) is 131 Å². The van der Waals surface area contributed by atoms with Crippen LogP contribution in [0.1, 0.15) is 29.3 Å². The number of rotatable bonds is 4. The van der Waals surface area contributed by atoms with Crippen molar-refractivity contribution in [2.24, 2.45) is 0 Å². The summed E-state index contributed by atoms with van der Waals surface area (Å²) in [4.78, 5) is 31.6. The van der Waals surface area contributed by atoms with E-state index in [9.17, 15) is 9.90 Å². The van der Waals surface area contributed by atoms with E-state index in [0.29, 0.717) is 39.7 Å². The lowest BCUT2D eigenvalue weighted by molar-refractivity contribution is -0.119. The maximum atomic E-state index is 13.1. The highest BCUT2D eigenvalue weighted by molar-refractivity contribution is 6.30. The van der Waals surface area contributed by atoms with Crippen molar-refractivity contribution < 1.29 is 9.90 Å². The smallest absolute Gasteiger partial charge is 0.240 e. The van der Waals surface area contributed by atoms with Crippen molar-refractivity contribution in [1.29, 1.82) is 0 Å². The van der Waals surface area contributed by atoms with E-state index in [1.54, 1.807) is 43.6 Å². The molecule has 0 spiro atoms. The second-order valence-corrected chi connectivity index (χ2v) is 9.26. The summed E-state index contributed by atoms with van der Waals surface area (Å²) in [6.07, 6.45) is 5.83. The van der Waals surface area contributed by atoms with Crippen molar-refractivity contribution >= 4 is 34.8 Å². The van der Waals surface area contributed by atoms with Crippen LogP contribution < -0.4 is 11.1 Å². The summed E-state index contributed by atoms with van der Waals surface area (Å²) in [5.74, 6) is 0.505. The number of carbonyl (C=O) groups is 1. The van der Waals surface area contributed by atoms with Gasteiger partial charge >= 0.3 is 0 Å². The molecule has 36 heavy (non-hydrogen) atoms. The minimum atomic E-state index is -1.15. The Kier molecular flexibility index (Phi) is 4.90. The van der Waals surface area contributed by atoms with Gasteiger partial charge in [0.2, 0.25) is 5.91 Å². The second kappa shape index (κ2) is 8.03. The summed E-state index contributed by atoms with van der Waals surface area (Å²) >= 11 is 6.03. The minimum Gasteiger partial charge on any atom is -0.508 e. The Morgan fingerprint density at radius 2 is 1.94 bits per heavy atom. The van der Waals surface area contributed by atoms with E-state index in [1.165, 1.54) is 0 Å². The molecule has 4 heterocycles. The lowest BCUT2D eigenvalue weighted by atomic mass is 9.77. The van der Waals surface area contributed by atoms with E-state index in [4.69, 9.17) is 22.3 Å². The monoisotopic (exact) mass is 497 g/mol. The molecule has 4 N–H and O–H groups in total. The molecule has 0 unspecified atom stereocenters. The van der Waals surface area contributed by atoms with Crippen molar-refractivity contribution in [2.45, 2.75) is 18.8 Å². The van der Waals surface area contributed by atoms with Crippen LogP contribution in [0.3, 0.4) is 0 Å². The number of phenolic OH excluding ortho intramolecular Hbond substituents is 1. The number of aromatic hydroxyl groups is 1. The summed E-state index contributed by atoms with van der Waals surface area (Å²) in [7, 11) is 0. The zero-order valence-corrected chi connectivity index (χ0v) is 19.9. The normalized spacial score (nSPS) is 16.8. The Morgan fingerprint density at radius 1 is 1.14 bits per heavy atom. The zero-order chi connectivity index (χ0) is 25.0. The first-order valence-electron chi connectivity index (χ1n) is 11.2. The van der Waals surface area contributed by atoms with Gasteiger partial charge in [-0.2, -0.15) is 0 Å². The van der Waals surface area contributed by atoms with Gasteiger partial charge in [0.15, 0.2) is 11.5 Å². The van der Waals surface area contributed by atoms with Crippen molar-refractivity contribution in [3.63, 3.8) is 0 Å². The highest BCUT2D eigenvalue weighted by atomic mass is 35.5. The molecule has 0 saturated carbocycles. The number of hydrogen-bond acceptors (Lipinski definition) is 7. The number of amides is 1. The molecule has 6 rings (SSSR count). The van der Waals surface area contributed by atoms with Crippen molar-refractivity contribution in [3.8, 4) is 17.3 Å². The number of anilines is 2. The van der Waals surface area contributed by atoms with Crippen LogP contribution in [-0.2, 0) is 16.6 Å². The average molecular weight is 498 g/mol. The first-order chi connectivity index (χ1) is 17.3. The fraction of sp³-hybridized carbons (Fsp3) is 0.115. The van der Waals surface area contributed by atoms with Crippen LogP contribution in [0.15, 0.2) is 67.1 Å². The number of nitrogen functional groups attached to an aromatic ring is 1. The molecular formula is C26H20ClN7O2. The number of nitrogens with two attached hydrogens (primary N) is 1. The number of imidazole rings is 1. The molecule has 0 aliphatic carbocycles. The van der Waals surface area contributed by atoms with Crippen molar-refractivity contribution in [3.05, 3.63) is 94.5 Å². The van der Waals surface area contributed by atoms with Crippen molar-refractivity contribution in [1.82, 2.24) is 24.3 Å². The highest BCUT2D eigenvalue weighted by Gasteiger charge is 2.47. The van der Waals surface area contributed by atoms with Gasteiger partial charge in [-0.1, -0.05) is 35.9 Å². The summed E-state index contributed by atoms with van der Waals surface area (Å²) in [5.41, 5.74) is 9.28. The molecule has 1 atom stereocenters. The minimum absolute atomic E-state index is 0.0529. The Morgan fingerprint density at radius 3 is 2.72 bits per heavy atom. The molecule has 178 valence electrons. The van der Waals surface area contributed by atoms with E-state index < -0.39 is 5.41 Å². The third-order valence-corrected chi connectivity index (χ3v) is 6.76. The van der Waals surface area contributed by atoms with Gasteiger partial charge in [-0.3, -0.25) is 4.79 Å². The summed E-state index contributed by atoms with van der Waals surface area (Å²) < 4.78 is 1.86. The maximum absolute atomic E-state index is 13.1. The molecule has 1 aliphatic rings. The number of nitrogens with one attached hydrogen (secondary N) is 1. The zero-order valence-electron chi connectivity index (χ0n) is 19.1. The third-order valence-electron chi connectivity index (χ3n) is 6.50. The van der Waals surface area contributed by atoms with Gasteiger partial charge < -0.3 is 20.6 Å². The van der Waals surface area contributed by atoms with Crippen LogP contribution in [0.25, 0.3) is 17.2 Å². The second-order valence-electron chi connectivity index (χ2n) is 8.82. The molecule has 5 aromatic rings. The number of halogens is 1. The van der Waals surface area contributed by atoms with Crippen LogP contribution in [0.2, 0.25) is 5.02 Å². The quantitative estimate of drug-likeness (QED) is 0.342. The molecule has 1 aliphatic heterocycles. The Hall–Kier alpha value is -4.50. The SMILES string of the molecule is C[C@]1(c2cccc(O)c2)C(=O)Nc2nc(-c3cn4ccnc4c(Cc4ccc(Cl)cc4)n3)nc(N)c21. The average Bonchev–Trinajstić information content (AvgIpc) is 3.43. The first-order valence-corrected chi connectivity index (χ1v) is 11.6. The van der Waals surface area contributed by atoms with Gasteiger partial charge in [-0.15, -0.1) is 0 Å². The summed E-state index contributed by atoms with van der Waals surface area (Å²) in [5, 5.41) is 13.5. The predicted molar refractivity (Wildman–Crippen MR) is 136 cm³/mol. The first kappa shape index (κ1) is 22.0. The van der Waals surface area contributed by atoms with Crippen LogP contribution in [0.4, 0.5) is 11.6 Å². The molecule has 0 saturated heterocycles. The Bertz CT molecular complexity index is 1670. The Balaban J connectivity index is 1.46. The van der Waals surface area contributed by atoms with E-state index in [2.05, 4.69) is 20.3 Å². The van der Waals surface area contributed by atoms with E-state index in [1.807, 2.05) is 34.9 Å². The molecule has 0 radical (unpaired) electrons. The lowest BCUT2D eigenvalue weighted by Gasteiger charge is -2.23. The lowest BCUT2D eigenvalue weighted by Crippen LogP contribution is -2.32. The molecule has 0 fully saturated rings. The molecule has 9 nitrogen and oxygen atoms in total. The largest absolute Gasteiger partial charge is 0.508 e. The van der Waals surface area contributed by atoms with Gasteiger partial charge in [-0.05, 0) is 42.3 Å². The van der Waals surface area contributed by atoms with Crippen LogP contribution in [-0.4, -0.2) is 35.4 Å². The fourth-order valence-electron chi connectivity index (χ4n) is 4.63. The van der Waals surface area contributed by atoms with E-state index >= 15 is 0 Å². The maximum Gasteiger partial charge on any atom is 0.240 e. The van der Waals surface area contributed by atoms with E-state index in [-0.39, 0.29) is 23.3 Å². The van der Waals surface area contributed by atoms with Crippen LogP contribution in [0, 0.1) is 0 Å². The summed E-state index contributed by atoms with van der Waals surface area (Å²) in [6, 6.07) is 14.1. The number of benzene rings is 2. The molecular weight excluding hydrogens is 478 g/mol. The third kappa shape index (κ3) is 3.44. The molecule has 2 aromatic carbocycles. The fourth-order valence-corrected chi connectivity index (χ4v) is 4.76. The van der Waals surface area contributed by atoms with Gasteiger partial charge in [0.05, 0.1) is 11.3 Å². The van der Waals surface area contributed by atoms with Gasteiger partial charge in [-0.25, -0.2) is 19.9 Å². The van der Waals surface area contributed by atoms with Crippen LogP contribution in [0.5, 0.6) is 5.75 Å². The van der Waals surface area contributed by atoms with Gasteiger partial charge in [0, 0.05) is 30.0 Å². The van der Waals surface area contributed by atoms with Crippen molar-refractivity contribution in [2.75, 3.05) is 11.1 Å². The molecule has 1 amide bonds. The standard InChI is InChI=1S/C26H20ClN7O2/c1-26(15-3-2-4-17(35)12-15)20-21(28)31-22(32-23(20)33-25(26)36)19-13-34-10-9-29-24(34)18(30-19)11-14-5-7-16(27)8-6-14/h2-10,12-13,35H,11H2,1H3,(H3,28,31,32,33,36)/t26-/m1/s1. The summed E-state index contributed by atoms with van der Waals surface area (Å²) in [6.45, 7) is 1.74. The predicted octanol–water partition coefficient (Wildman–Crippen LogP) is 3.98.